The van der Waals surface area contributed by atoms with Crippen molar-refractivity contribution < 1.29 is 0 Å². The molecule has 1 heterocycles. The maximum atomic E-state index is 5.94. The van der Waals surface area contributed by atoms with E-state index in [1.165, 1.54) is 16.7 Å². The summed E-state index contributed by atoms with van der Waals surface area (Å²) in [5.41, 5.74) is 3.98. The van der Waals surface area contributed by atoms with E-state index in [9.17, 15) is 0 Å². The molecular formula is C15H18ClNS. The Labute approximate surface area is 118 Å². The zero-order valence-corrected chi connectivity index (χ0v) is 12.3. The summed E-state index contributed by atoms with van der Waals surface area (Å²) < 4.78 is 0.859. The van der Waals surface area contributed by atoms with E-state index in [1.54, 1.807) is 11.3 Å². The van der Waals surface area contributed by atoms with E-state index in [2.05, 4.69) is 48.8 Å². The number of hydrogen-bond donors (Lipinski definition) is 1. The molecule has 18 heavy (non-hydrogen) atoms. The quantitative estimate of drug-likeness (QED) is 0.843. The molecule has 0 aliphatic heterocycles. The summed E-state index contributed by atoms with van der Waals surface area (Å²) in [7, 11) is 0. The smallest absolute Gasteiger partial charge is 0.0931 e. The fourth-order valence-corrected chi connectivity index (χ4v) is 2.95. The van der Waals surface area contributed by atoms with Crippen LogP contribution in [0.3, 0.4) is 0 Å². The Morgan fingerprint density at radius 3 is 2.83 bits per heavy atom. The minimum atomic E-state index is 0.360. The molecule has 0 saturated heterocycles. The lowest BCUT2D eigenvalue weighted by atomic mass is 10.1. The van der Waals surface area contributed by atoms with Gasteiger partial charge in [0.1, 0.15) is 0 Å². The average Bonchev–Trinajstić information content (AvgIpc) is 2.76. The van der Waals surface area contributed by atoms with Crippen LogP contribution < -0.4 is 5.32 Å². The predicted molar refractivity (Wildman–Crippen MR) is 80.6 cm³/mol. The Hall–Kier alpha value is -0.830. The third kappa shape index (κ3) is 3.84. The Bertz CT molecular complexity index is 507. The molecule has 1 aromatic heterocycles. The molecule has 0 aliphatic carbocycles. The van der Waals surface area contributed by atoms with Crippen LogP contribution in [0.15, 0.2) is 35.7 Å². The molecule has 2 aromatic rings. The summed E-state index contributed by atoms with van der Waals surface area (Å²) in [5.74, 6) is 0. The van der Waals surface area contributed by atoms with Crippen molar-refractivity contribution in [1.29, 1.82) is 0 Å². The number of hydrogen-bond acceptors (Lipinski definition) is 2. The lowest BCUT2D eigenvalue weighted by Gasteiger charge is -2.12. The van der Waals surface area contributed by atoms with Crippen molar-refractivity contribution in [3.63, 3.8) is 0 Å². The van der Waals surface area contributed by atoms with Crippen LogP contribution in [0.25, 0.3) is 0 Å². The van der Waals surface area contributed by atoms with Gasteiger partial charge in [0.15, 0.2) is 0 Å². The highest BCUT2D eigenvalue weighted by molar-refractivity contribution is 7.14. The molecule has 0 fully saturated rings. The first-order chi connectivity index (χ1) is 8.65. The van der Waals surface area contributed by atoms with Gasteiger partial charge in [-0.15, -0.1) is 11.3 Å². The van der Waals surface area contributed by atoms with Crippen LogP contribution in [0.4, 0.5) is 0 Å². The van der Waals surface area contributed by atoms with Crippen molar-refractivity contribution in [2.24, 2.45) is 0 Å². The molecular weight excluding hydrogens is 262 g/mol. The van der Waals surface area contributed by atoms with E-state index >= 15 is 0 Å². The van der Waals surface area contributed by atoms with Crippen LogP contribution in [0.5, 0.6) is 0 Å². The summed E-state index contributed by atoms with van der Waals surface area (Å²) in [6.45, 7) is 5.29. The summed E-state index contributed by atoms with van der Waals surface area (Å²) in [6, 6.07) is 11.1. The first-order valence-corrected chi connectivity index (χ1v) is 7.44. The molecule has 1 nitrogen and oxygen atoms in total. The van der Waals surface area contributed by atoms with Crippen molar-refractivity contribution in [2.75, 3.05) is 6.54 Å². The van der Waals surface area contributed by atoms with Gasteiger partial charge >= 0.3 is 0 Å². The van der Waals surface area contributed by atoms with Gasteiger partial charge in [-0.1, -0.05) is 41.4 Å². The first-order valence-electron chi connectivity index (χ1n) is 6.18. The van der Waals surface area contributed by atoms with Crippen molar-refractivity contribution in [1.82, 2.24) is 5.32 Å². The standard InChI is InChI=1S/C15H18ClNS/c1-11-4-3-5-13(8-11)6-7-17-12(2)14-9-15(16)18-10-14/h3-5,8-10,12,17H,6-7H2,1-2H3. The molecule has 1 N–H and O–H groups in total. The van der Waals surface area contributed by atoms with E-state index < -0.39 is 0 Å². The second-order valence-electron chi connectivity index (χ2n) is 4.60. The van der Waals surface area contributed by atoms with Gasteiger partial charge < -0.3 is 5.32 Å². The van der Waals surface area contributed by atoms with E-state index in [-0.39, 0.29) is 0 Å². The van der Waals surface area contributed by atoms with Crippen molar-refractivity contribution >= 4 is 22.9 Å². The topological polar surface area (TPSA) is 12.0 Å². The Kier molecular flexibility index (Phi) is 4.81. The van der Waals surface area contributed by atoms with Crippen LogP contribution in [0.1, 0.15) is 29.7 Å². The number of benzene rings is 1. The number of nitrogens with one attached hydrogen (secondary N) is 1. The zero-order valence-electron chi connectivity index (χ0n) is 10.7. The van der Waals surface area contributed by atoms with Crippen molar-refractivity contribution in [2.45, 2.75) is 26.3 Å². The van der Waals surface area contributed by atoms with Gasteiger partial charge in [-0.3, -0.25) is 0 Å². The molecule has 0 amide bonds. The summed E-state index contributed by atoms with van der Waals surface area (Å²) in [6.07, 6.45) is 1.06. The fraction of sp³-hybridized carbons (Fsp3) is 0.333. The Morgan fingerprint density at radius 1 is 1.33 bits per heavy atom. The van der Waals surface area contributed by atoms with Crippen molar-refractivity contribution in [3.05, 3.63) is 56.7 Å². The normalized spacial score (nSPS) is 12.6. The largest absolute Gasteiger partial charge is 0.310 e. The second-order valence-corrected chi connectivity index (χ2v) is 6.14. The van der Waals surface area contributed by atoms with Crippen LogP contribution in [0, 0.1) is 6.92 Å². The van der Waals surface area contributed by atoms with Gasteiger partial charge in [0, 0.05) is 6.04 Å². The number of aryl methyl sites for hydroxylation is 1. The number of rotatable bonds is 5. The highest BCUT2D eigenvalue weighted by Gasteiger charge is 2.06. The first kappa shape index (κ1) is 13.6. The molecule has 1 aromatic carbocycles. The number of halogens is 1. The van der Waals surface area contributed by atoms with Gasteiger partial charge in [0.25, 0.3) is 0 Å². The third-order valence-electron chi connectivity index (χ3n) is 3.03. The molecule has 3 heteroatoms. The zero-order chi connectivity index (χ0) is 13.0. The van der Waals surface area contributed by atoms with Crippen molar-refractivity contribution in [3.8, 4) is 0 Å². The minimum absolute atomic E-state index is 0.360. The van der Waals surface area contributed by atoms with E-state index in [0.717, 1.165) is 17.3 Å². The second kappa shape index (κ2) is 6.37. The molecule has 2 rings (SSSR count). The third-order valence-corrected chi connectivity index (χ3v) is 4.14. The summed E-state index contributed by atoms with van der Waals surface area (Å²) in [4.78, 5) is 0. The number of thiophene rings is 1. The van der Waals surface area contributed by atoms with Crippen LogP contribution in [-0.4, -0.2) is 6.54 Å². The maximum Gasteiger partial charge on any atom is 0.0931 e. The van der Waals surface area contributed by atoms with E-state index in [1.807, 2.05) is 6.07 Å². The van der Waals surface area contributed by atoms with E-state index in [0.29, 0.717) is 6.04 Å². The average molecular weight is 280 g/mol. The van der Waals surface area contributed by atoms with Gasteiger partial charge in [-0.25, -0.2) is 0 Å². The molecule has 0 radical (unpaired) electrons. The van der Waals surface area contributed by atoms with Gasteiger partial charge in [-0.05, 0) is 49.4 Å². The predicted octanol–water partition coefficient (Wildman–Crippen LogP) is 4.60. The molecule has 0 bridgehead atoms. The Morgan fingerprint density at radius 2 is 2.17 bits per heavy atom. The van der Waals surface area contributed by atoms with Gasteiger partial charge in [0.05, 0.1) is 4.34 Å². The molecule has 1 unspecified atom stereocenters. The maximum absolute atomic E-state index is 5.94. The van der Waals surface area contributed by atoms with Crippen LogP contribution in [-0.2, 0) is 6.42 Å². The summed E-state index contributed by atoms with van der Waals surface area (Å²) >= 11 is 7.53. The summed E-state index contributed by atoms with van der Waals surface area (Å²) in [5, 5.41) is 5.65. The highest BCUT2D eigenvalue weighted by Crippen LogP contribution is 2.24. The lowest BCUT2D eigenvalue weighted by Crippen LogP contribution is -2.20. The van der Waals surface area contributed by atoms with Crippen LogP contribution in [0.2, 0.25) is 4.34 Å². The lowest BCUT2D eigenvalue weighted by molar-refractivity contribution is 0.578. The highest BCUT2D eigenvalue weighted by atomic mass is 35.5. The molecule has 0 spiro atoms. The SMILES string of the molecule is Cc1cccc(CCNC(C)c2csc(Cl)c2)c1. The van der Waals surface area contributed by atoms with Gasteiger partial charge in [-0.2, -0.15) is 0 Å². The monoisotopic (exact) mass is 279 g/mol. The van der Waals surface area contributed by atoms with Crippen LogP contribution >= 0.6 is 22.9 Å². The molecule has 1 atom stereocenters. The molecule has 96 valence electrons. The Balaban J connectivity index is 1.82. The van der Waals surface area contributed by atoms with E-state index in [4.69, 9.17) is 11.6 Å². The fourth-order valence-electron chi connectivity index (χ4n) is 1.97. The molecule has 0 aliphatic rings. The van der Waals surface area contributed by atoms with Gasteiger partial charge in [0.2, 0.25) is 0 Å². The molecule has 0 saturated carbocycles. The minimum Gasteiger partial charge on any atom is -0.310 e.